The Morgan fingerprint density at radius 1 is 1.38 bits per heavy atom. The standard InChI is InChI=1S/C24H27N9O5S2/c1-2-38-30-17(14-12-40-24(26)28-14)20(34)29-18-21(35)33-19(23(36)37)13(11-39-22(18)33)10-31-8-9-32-15(27-7-6-25)4-3-5-16(31)32/h3-5,8-9,12,18,22H,2,6-7,10-11,25H2,1H3,(H4,26,28,29,34,36,37)/b30-17-/t18-,22+/m1/s1. The van der Waals surface area contributed by atoms with Gasteiger partial charge in [-0.05, 0) is 18.6 Å². The van der Waals surface area contributed by atoms with Gasteiger partial charge in [0.25, 0.3) is 11.8 Å². The summed E-state index contributed by atoms with van der Waals surface area (Å²) in [5, 5.41) is 23.2. The number of carboxylic acid groups (broad SMARTS) is 1. The molecule has 2 amide bonds. The van der Waals surface area contributed by atoms with Gasteiger partial charge < -0.3 is 36.8 Å². The Bertz CT molecular complexity index is 1530. The number of hydrogen-bond donors (Lipinski definition) is 4. The Balaban J connectivity index is 1.36. The number of carboxylic acids is 1. The molecule has 0 aromatic carbocycles. The molecule has 6 N–H and O–H groups in total. The number of nitrogens with two attached hydrogens (primary N) is 2. The van der Waals surface area contributed by atoms with Gasteiger partial charge in [0, 0.05) is 29.8 Å². The summed E-state index contributed by atoms with van der Waals surface area (Å²) in [5.74, 6) is -1.53. The van der Waals surface area contributed by atoms with E-state index in [1.54, 1.807) is 12.3 Å². The number of amides is 2. The first-order chi connectivity index (χ1) is 19.3. The van der Waals surface area contributed by atoms with Gasteiger partial charge in [-0.3, -0.25) is 19.1 Å². The first-order valence-electron chi connectivity index (χ1n) is 12.4. The minimum atomic E-state index is -1.45. The number of β-lactam (4-membered cyclic amide) rings is 1. The van der Waals surface area contributed by atoms with Crippen LogP contribution in [0.3, 0.4) is 0 Å². The largest absolute Gasteiger partial charge is 0.543 e. The number of aromatic nitrogens is 3. The smallest absolute Gasteiger partial charge is 0.276 e. The Labute approximate surface area is 236 Å². The minimum Gasteiger partial charge on any atom is -0.543 e. The van der Waals surface area contributed by atoms with Crippen molar-refractivity contribution in [2.24, 2.45) is 10.9 Å². The highest BCUT2D eigenvalue weighted by Crippen LogP contribution is 2.40. The molecule has 0 saturated carbocycles. The van der Waals surface area contributed by atoms with Crippen LogP contribution in [-0.4, -0.2) is 74.8 Å². The number of hydrogen-bond acceptors (Lipinski definition) is 12. The number of carbonyl (C=O) groups is 3. The molecule has 0 aliphatic carbocycles. The quantitative estimate of drug-likeness (QED) is 0.0887. The summed E-state index contributed by atoms with van der Waals surface area (Å²) in [6.07, 6.45) is 3.70. The normalized spacial score (nSPS) is 18.9. The monoisotopic (exact) mass is 585 g/mol. The second-order valence-electron chi connectivity index (χ2n) is 8.81. The summed E-state index contributed by atoms with van der Waals surface area (Å²) in [6, 6.07) is 4.75. The van der Waals surface area contributed by atoms with Crippen LogP contribution in [0, 0.1) is 0 Å². The van der Waals surface area contributed by atoms with Gasteiger partial charge in [0.2, 0.25) is 11.5 Å². The predicted octanol–water partition coefficient (Wildman–Crippen LogP) is -1.52. The summed E-state index contributed by atoms with van der Waals surface area (Å²) in [4.78, 5) is 48.8. The molecule has 2 aliphatic rings. The van der Waals surface area contributed by atoms with Gasteiger partial charge in [-0.25, -0.2) is 9.38 Å². The zero-order valence-corrected chi connectivity index (χ0v) is 23.0. The van der Waals surface area contributed by atoms with Crippen LogP contribution in [0.2, 0.25) is 0 Å². The molecule has 14 nitrogen and oxygen atoms in total. The van der Waals surface area contributed by atoms with Crippen LogP contribution in [0.4, 0.5) is 10.9 Å². The topological polar surface area (TPSA) is 197 Å². The summed E-state index contributed by atoms with van der Waals surface area (Å²) in [5.41, 5.74) is 12.6. The van der Waals surface area contributed by atoms with E-state index in [2.05, 4.69) is 20.8 Å². The number of nitrogen functional groups attached to an aromatic ring is 1. The molecule has 0 bridgehead atoms. The molecule has 1 saturated heterocycles. The predicted molar refractivity (Wildman–Crippen MR) is 147 cm³/mol. The molecule has 5 rings (SSSR count). The molecule has 210 valence electrons. The van der Waals surface area contributed by atoms with Crippen molar-refractivity contribution in [2.75, 3.05) is 36.5 Å². The third-order valence-electron chi connectivity index (χ3n) is 6.30. The number of imidazole rings is 1. The zero-order valence-electron chi connectivity index (χ0n) is 21.4. The Morgan fingerprint density at radius 3 is 2.90 bits per heavy atom. The molecule has 0 spiro atoms. The molecule has 40 heavy (non-hydrogen) atoms. The number of fused-ring (bicyclic) bond motifs is 2. The maximum Gasteiger partial charge on any atom is 0.276 e. The van der Waals surface area contributed by atoms with E-state index in [-0.39, 0.29) is 35.4 Å². The van der Waals surface area contributed by atoms with Gasteiger partial charge in [-0.1, -0.05) is 5.16 Å². The molecule has 3 aromatic heterocycles. The average molecular weight is 586 g/mol. The van der Waals surface area contributed by atoms with Crippen molar-refractivity contribution in [3.8, 4) is 0 Å². The number of anilines is 2. The number of thioether (sulfide) groups is 1. The van der Waals surface area contributed by atoms with E-state index in [1.165, 1.54) is 16.7 Å². The number of thiazole rings is 1. The molecule has 0 radical (unpaired) electrons. The molecule has 1 fully saturated rings. The van der Waals surface area contributed by atoms with E-state index in [1.807, 2.05) is 39.6 Å². The van der Waals surface area contributed by atoms with Gasteiger partial charge in [0.05, 0.1) is 31.0 Å². The lowest BCUT2D eigenvalue weighted by Gasteiger charge is -2.50. The van der Waals surface area contributed by atoms with E-state index < -0.39 is 29.2 Å². The number of pyridine rings is 1. The van der Waals surface area contributed by atoms with Crippen molar-refractivity contribution < 1.29 is 28.7 Å². The van der Waals surface area contributed by atoms with Crippen molar-refractivity contribution in [2.45, 2.75) is 24.9 Å². The van der Waals surface area contributed by atoms with Crippen LogP contribution in [0.1, 0.15) is 12.6 Å². The molecule has 0 unspecified atom stereocenters. The molecule has 5 heterocycles. The number of nitrogens with one attached hydrogen (secondary N) is 2. The Morgan fingerprint density at radius 2 is 2.20 bits per heavy atom. The third-order valence-corrected chi connectivity index (χ3v) is 8.31. The first kappa shape index (κ1) is 27.4. The molecule has 2 aliphatic heterocycles. The fraction of sp³-hybridized carbons (Fsp3) is 0.333. The van der Waals surface area contributed by atoms with E-state index in [4.69, 9.17) is 16.3 Å². The van der Waals surface area contributed by atoms with Gasteiger partial charge in [-0.2, -0.15) is 0 Å². The van der Waals surface area contributed by atoms with E-state index >= 15 is 0 Å². The number of carbonyl (C=O) groups excluding carboxylic acids is 3. The molecular formula is C24H27N9O5S2. The van der Waals surface area contributed by atoms with E-state index in [9.17, 15) is 19.5 Å². The zero-order chi connectivity index (χ0) is 28.4. The van der Waals surface area contributed by atoms with Crippen molar-refractivity contribution in [3.63, 3.8) is 0 Å². The Kier molecular flexibility index (Phi) is 7.90. The van der Waals surface area contributed by atoms with Crippen molar-refractivity contribution in [3.05, 3.63) is 52.9 Å². The second-order valence-corrected chi connectivity index (χ2v) is 10.8. The maximum atomic E-state index is 13.2. The SMILES string of the molecule is CCO/N=C(\C(=O)N[C@@H]1C(=O)N2C(C(=O)[O-])=C(Cn3cc[n+]4c(NCCN)cccc34)CS[C@@H]12)c1csc(N)n1. The van der Waals surface area contributed by atoms with Crippen LogP contribution in [0.25, 0.3) is 5.65 Å². The van der Waals surface area contributed by atoms with Crippen LogP contribution in [0.5, 0.6) is 0 Å². The van der Waals surface area contributed by atoms with Crippen LogP contribution in [0.15, 0.2) is 52.4 Å². The lowest BCUT2D eigenvalue weighted by molar-refractivity contribution is -0.494. The summed E-state index contributed by atoms with van der Waals surface area (Å²) >= 11 is 2.49. The van der Waals surface area contributed by atoms with Crippen molar-refractivity contribution in [1.82, 2.24) is 19.8 Å². The number of nitrogens with zero attached hydrogens (tertiary/aromatic N) is 5. The summed E-state index contributed by atoms with van der Waals surface area (Å²) in [7, 11) is 0. The van der Waals surface area contributed by atoms with Crippen LogP contribution < -0.4 is 31.6 Å². The highest BCUT2D eigenvalue weighted by Gasteiger charge is 2.53. The number of oxime groups is 1. The van der Waals surface area contributed by atoms with Gasteiger partial charge in [-0.15, -0.1) is 23.1 Å². The second kappa shape index (κ2) is 11.5. The maximum absolute atomic E-state index is 13.2. The van der Waals surface area contributed by atoms with Gasteiger partial charge >= 0.3 is 0 Å². The third kappa shape index (κ3) is 5.07. The van der Waals surface area contributed by atoms with Gasteiger partial charge in [0.15, 0.2) is 10.8 Å². The molecule has 2 atom stereocenters. The van der Waals surface area contributed by atoms with E-state index in [0.717, 1.165) is 22.8 Å². The molecule has 3 aromatic rings. The van der Waals surface area contributed by atoms with Crippen molar-refractivity contribution in [1.29, 1.82) is 0 Å². The fourth-order valence-corrected chi connectivity index (χ4v) is 6.42. The highest BCUT2D eigenvalue weighted by molar-refractivity contribution is 8.00. The van der Waals surface area contributed by atoms with E-state index in [0.29, 0.717) is 24.4 Å². The fourth-order valence-electron chi connectivity index (χ4n) is 4.54. The van der Waals surface area contributed by atoms with Crippen LogP contribution >= 0.6 is 23.1 Å². The lowest BCUT2D eigenvalue weighted by atomic mass is 10.0. The average Bonchev–Trinajstić information content (AvgIpc) is 3.56. The summed E-state index contributed by atoms with van der Waals surface area (Å²) < 4.78 is 3.83. The molecule has 16 heteroatoms. The Hall–Kier alpha value is -4.15. The lowest BCUT2D eigenvalue weighted by Crippen LogP contribution is -2.71. The highest BCUT2D eigenvalue weighted by atomic mass is 32.2. The first-order valence-corrected chi connectivity index (χ1v) is 14.3. The molecular weight excluding hydrogens is 558 g/mol. The van der Waals surface area contributed by atoms with Crippen molar-refractivity contribution >= 4 is 63.2 Å². The number of rotatable bonds is 11. The number of aliphatic carboxylic acids is 1. The van der Waals surface area contributed by atoms with Crippen LogP contribution in [-0.2, 0) is 25.8 Å². The summed E-state index contributed by atoms with van der Waals surface area (Å²) in [6.45, 7) is 3.23. The minimum absolute atomic E-state index is 0.129. The van der Waals surface area contributed by atoms with Gasteiger partial charge in [0.1, 0.15) is 29.9 Å².